The van der Waals surface area contributed by atoms with Crippen LogP contribution in [0.25, 0.3) is 0 Å². The molecule has 0 aromatic heterocycles. The van der Waals surface area contributed by atoms with Gasteiger partial charge in [0, 0.05) is 34.3 Å². The van der Waals surface area contributed by atoms with Crippen molar-refractivity contribution < 1.29 is 66.9 Å². The van der Waals surface area contributed by atoms with Gasteiger partial charge in [-0.05, 0) is 20.8 Å². The number of fused-ring (bicyclic) bond motifs is 1. The summed E-state index contributed by atoms with van der Waals surface area (Å²) < 4.78 is 51.1. The molecule has 0 saturated carbocycles. The predicted molar refractivity (Wildman–Crippen MR) is 130 cm³/mol. The van der Waals surface area contributed by atoms with E-state index >= 15 is 0 Å². The molecule has 3 aliphatic rings. The number of ether oxygens (including phenoxy) is 9. The number of hydrogen-bond acceptors (Lipinski definition) is 14. The Morgan fingerprint density at radius 3 is 2.12 bits per heavy atom. The molecule has 3 saturated heterocycles. The first-order valence-corrected chi connectivity index (χ1v) is 13.0. The quantitative estimate of drug-likeness (QED) is 0.232. The summed E-state index contributed by atoms with van der Waals surface area (Å²) in [5.41, 5.74) is 0. The largest absolute Gasteiger partial charge is 0.463 e. The molecule has 0 bridgehead atoms. The van der Waals surface area contributed by atoms with Crippen LogP contribution in [0.2, 0.25) is 0 Å². The molecule has 2 N–H and O–H groups in total. The van der Waals surface area contributed by atoms with Crippen molar-refractivity contribution in [3.05, 3.63) is 0 Å². The molecule has 3 rings (SSSR count). The summed E-state index contributed by atoms with van der Waals surface area (Å²) in [7, 11) is 0. The number of amides is 1. The summed E-state index contributed by atoms with van der Waals surface area (Å²) >= 11 is 0. The van der Waals surface area contributed by atoms with Crippen LogP contribution in [0.5, 0.6) is 0 Å². The topological polar surface area (TPSA) is 184 Å². The van der Waals surface area contributed by atoms with Crippen molar-refractivity contribution in [1.29, 1.82) is 0 Å². The van der Waals surface area contributed by atoms with Gasteiger partial charge in [0.1, 0.15) is 43.2 Å². The Bertz CT molecular complexity index is 927. The van der Waals surface area contributed by atoms with Crippen LogP contribution in [-0.4, -0.2) is 116 Å². The van der Waals surface area contributed by atoms with E-state index in [1.807, 2.05) is 0 Å². The van der Waals surface area contributed by atoms with Gasteiger partial charge >= 0.3 is 17.9 Å². The van der Waals surface area contributed by atoms with E-state index in [-0.39, 0.29) is 13.2 Å². The number of aliphatic hydroxyl groups excluding tert-OH is 1. The highest BCUT2D eigenvalue weighted by Crippen LogP contribution is 2.40. The van der Waals surface area contributed by atoms with E-state index in [9.17, 15) is 24.3 Å². The molecule has 15 nitrogen and oxygen atoms in total. The monoisotopic (exact) mass is 577 g/mol. The van der Waals surface area contributed by atoms with E-state index in [1.54, 1.807) is 20.8 Å². The fourth-order valence-electron chi connectivity index (χ4n) is 4.92. The maximum Gasteiger partial charge on any atom is 0.303 e. The summed E-state index contributed by atoms with van der Waals surface area (Å²) in [6.07, 6.45) is -9.24. The van der Waals surface area contributed by atoms with Crippen molar-refractivity contribution in [3.63, 3.8) is 0 Å². The number of carbonyl (C=O) groups is 4. The summed E-state index contributed by atoms with van der Waals surface area (Å²) in [6, 6.07) is -1.18. The number of nitrogens with one attached hydrogen (secondary N) is 1. The second kappa shape index (κ2) is 13.5. The summed E-state index contributed by atoms with van der Waals surface area (Å²) in [6.45, 7) is 9.50. The molecule has 0 spiro atoms. The van der Waals surface area contributed by atoms with Gasteiger partial charge in [0.05, 0.1) is 6.61 Å². The predicted octanol–water partition coefficient (Wildman–Crippen LogP) is -0.698. The molecule has 1 amide bonds. The second-order valence-electron chi connectivity index (χ2n) is 10.1. The van der Waals surface area contributed by atoms with Crippen LogP contribution >= 0.6 is 0 Å². The zero-order chi connectivity index (χ0) is 29.8. The van der Waals surface area contributed by atoms with Gasteiger partial charge in [-0.15, -0.1) is 0 Å². The number of rotatable bonds is 11. The normalized spacial score (nSPS) is 35.4. The van der Waals surface area contributed by atoms with E-state index in [1.165, 1.54) is 13.8 Å². The van der Waals surface area contributed by atoms with Gasteiger partial charge in [-0.2, -0.15) is 0 Å². The highest BCUT2D eigenvalue weighted by Gasteiger charge is 2.57. The molecular weight excluding hydrogens is 538 g/mol. The smallest absolute Gasteiger partial charge is 0.303 e. The molecule has 15 heteroatoms. The van der Waals surface area contributed by atoms with E-state index < -0.39 is 91.0 Å². The molecule has 0 aliphatic carbocycles. The van der Waals surface area contributed by atoms with Crippen LogP contribution in [0, 0.1) is 0 Å². The van der Waals surface area contributed by atoms with Crippen molar-refractivity contribution in [2.24, 2.45) is 0 Å². The summed E-state index contributed by atoms with van der Waals surface area (Å²) in [5.74, 6) is -3.52. The third-order valence-corrected chi connectivity index (χ3v) is 6.27. The maximum absolute atomic E-state index is 12.1. The third kappa shape index (κ3) is 8.09. The van der Waals surface area contributed by atoms with E-state index in [0.717, 1.165) is 13.8 Å². The van der Waals surface area contributed by atoms with Crippen molar-refractivity contribution in [1.82, 2.24) is 5.32 Å². The Morgan fingerprint density at radius 1 is 0.900 bits per heavy atom. The number of hydrogen-bond donors (Lipinski definition) is 2. The molecule has 10 unspecified atom stereocenters. The lowest BCUT2D eigenvalue weighted by molar-refractivity contribution is -0.286. The average molecular weight is 578 g/mol. The second-order valence-corrected chi connectivity index (χ2v) is 10.1. The highest BCUT2D eigenvalue weighted by molar-refractivity contribution is 5.73. The van der Waals surface area contributed by atoms with Gasteiger partial charge in [-0.3, -0.25) is 19.2 Å². The van der Waals surface area contributed by atoms with Gasteiger partial charge < -0.3 is 53.1 Å². The van der Waals surface area contributed by atoms with Gasteiger partial charge in [0.15, 0.2) is 30.6 Å². The minimum absolute atomic E-state index is 0.320. The highest BCUT2D eigenvalue weighted by atomic mass is 16.8. The lowest BCUT2D eigenvalue weighted by Crippen LogP contribution is -2.66. The lowest BCUT2D eigenvalue weighted by atomic mass is 9.96. The standard InChI is InChI=1S/C25H39NO14/c1-8-32-21-18(38-24-22(21)39-25(6,7)40-24)15(31)9-34-23-17(26-11(2)27)20(36-14(5)30)19(35-13(4)29)16(37-23)10-33-12(3)28/h15-24,31H,8-10H2,1-7H3,(H,26,27). The summed E-state index contributed by atoms with van der Waals surface area (Å²) in [5, 5.41) is 13.6. The van der Waals surface area contributed by atoms with E-state index in [0.29, 0.717) is 6.61 Å². The van der Waals surface area contributed by atoms with Crippen LogP contribution in [0.3, 0.4) is 0 Å². The number of esters is 3. The number of carbonyl (C=O) groups excluding carboxylic acids is 4. The third-order valence-electron chi connectivity index (χ3n) is 6.27. The molecule has 3 heterocycles. The first kappa shape index (κ1) is 32.1. The Hall–Kier alpha value is -2.40. The van der Waals surface area contributed by atoms with Gasteiger partial charge in [-0.25, -0.2) is 0 Å². The Labute approximate surface area is 231 Å². The van der Waals surface area contributed by atoms with Gasteiger partial charge in [-0.1, -0.05) is 0 Å². The van der Waals surface area contributed by atoms with Crippen LogP contribution < -0.4 is 5.32 Å². The minimum atomic E-state index is -1.34. The Balaban J connectivity index is 1.81. The SMILES string of the molecule is CCOC1C(C(O)COC2OC(COC(C)=O)C(OC(C)=O)C(OC(C)=O)C2NC(C)=O)OC2OC(C)(C)OC21. The Kier molecular flexibility index (Phi) is 10.8. The fourth-order valence-corrected chi connectivity index (χ4v) is 4.92. The van der Waals surface area contributed by atoms with Crippen LogP contribution in [-0.2, 0) is 61.8 Å². The molecule has 10 atom stereocenters. The molecule has 228 valence electrons. The van der Waals surface area contributed by atoms with E-state index in [4.69, 9.17) is 42.6 Å². The van der Waals surface area contributed by atoms with Crippen LogP contribution in [0.15, 0.2) is 0 Å². The van der Waals surface area contributed by atoms with Crippen molar-refractivity contribution >= 4 is 23.8 Å². The minimum Gasteiger partial charge on any atom is -0.463 e. The zero-order valence-corrected chi connectivity index (χ0v) is 23.6. The zero-order valence-electron chi connectivity index (χ0n) is 23.6. The maximum atomic E-state index is 12.1. The molecular formula is C25H39NO14. The molecule has 3 fully saturated rings. The lowest BCUT2D eigenvalue weighted by Gasteiger charge is -2.45. The number of aliphatic hydroxyl groups is 1. The van der Waals surface area contributed by atoms with Crippen molar-refractivity contribution in [2.75, 3.05) is 19.8 Å². The van der Waals surface area contributed by atoms with Gasteiger partial charge in [0.2, 0.25) is 5.91 Å². The molecule has 0 aromatic carbocycles. The van der Waals surface area contributed by atoms with Crippen LogP contribution in [0.4, 0.5) is 0 Å². The van der Waals surface area contributed by atoms with E-state index in [2.05, 4.69) is 5.32 Å². The molecule has 0 aromatic rings. The van der Waals surface area contributed by atoms with Crippen LogP contribution in [0.1, 0.15) is 48.5 Å². The molecule has 40 heavy (non-hydrogen) atoms. The average Bonchev–Trinajstić information content (AvgIpc) is 3.31. The molecule has 0 radical (unpaired) electrons. The van der Waals surface area contributed by atoms with Crippen molar-refractivity contribution in [3.8, 4) is 0 Å². The van der Waals surface area contributed by atoms with Crippen molar-refractivity contribution in [2.45, 2.75) is 116 Å². The molecule has 3 aliphatic heterocycles. The Morgan fingerprint density at radius 2 is 1.55 bits per heavy atom. The first-order chi connectivity index (χ1) is 18.7. The summed E-state index contributed by atoms with van der Waals surface area (Å²) in [4.78, 5) is 47.5. The first-order valence-electron chi connectivity index (χ1n) is 13.0. The fraction of sp³-hybridized carbons (Fsp3) is 0.840. The van der Waals surface area contributed by atoms with Gasteiger partial charge in [0.25, 0.3) is 0 Å².